The Hall–Kier alpha value is -2.69. The van der Waals surface area contributed by atoms with Gasteiger partial charge in [0.05, 0.1) is 6.61 Å². The Balaban J connectivity index is 1.70. The number of hydrazine groups is 1. The highest BCUT2D eigenvalue weighted by molar-refractivity contribution is 9.10. The highest BCUT2D eigenvalue weighted by Crippen LogP contribution is 2.21. The highest BCUT2D eigenvalue weighted by atomic mass is 79.9. The van der Waals surface area contributed by atoms with E-state index in [1.807, 2.05) is 26.0 Å². The second-order valence-electron chi connectivity index (χ2n) is 6.23. The summed E-state index contributed by atoms with van der Waals surface area (Å²) in [6.45, 7) is 5.18. The van der Waals surface area contributed by atoms with E-state index in [9.17, 15) is 9.59 Å². The van der Waals surface area contributed by atoms with Crippen LogP contribution < -0.4 is 25.6 Å². The summed E-state index contributed by atoms with van der Waals surface area (Å²) in [4.78, 5) is 24.1. The summed E-state index contributed by atoms with van der Waals surface area (Å²) in [6, 6.07) is 12.0. The molecule has 2 amide bonds. The van der Waals surface area contributed by atoms with Crippen LogP contribution in [0.15, 0.2) is 46.9 Å². The molecule has 0 aromatic heterocycles. The molecular formula is C21H24BrN3O5S. The van der Waals surface area contributed by atoms with E-state index in [0.29, 0.717) is 36.9 Å². The molecule has 3 N–H and O–H groups in total. The monoisotopic (exact) mass is 509 g/mol. The summed E-state index contributed by atoms with van der Waals surface area (Å²) in [5.41, 5.74) is 6.21. The van der Waals surface area contributed by atoms with Crippen LogP contribution in [0.25, 0.3) is 0 Å². The van der Waals surface area contributed by atoms with Gasteiger partial charge in [0.15, 0.2) is 11.7 Å². The number of hydrogen-bond acceptors (Lipinski definition) is 6. The zero-order valence-corrected chi connectivity index (χ0v) is 19.6. The van der Waals surface area contributed by atoms with E-state index in [0.717, 1.165) is 10.0 Å². The maximum atomic E-state index is 12.2. The minimum Gasteiger partial charge on any atom is -0.491 e. The Kier molecular flexibility index (Phi) is 10.2. The number of thiocarbonyl (C=S) groups is 1. The lowest BCUT2D eigenvalue weighted by Crippen LogP contribution is -2.49. The SMILES string of the molecule is CCOCCOc1ccc(C(=O)NC(=S)NNC(=O)COc2ccc(Br)c(C)c2)cc1. The molecule has 166 valence electrons. The third-order valence-corrected chi connectivity index (χ3v) is 4.95. The summed E-state index contributed by atoms with van der Waals surface area (Å²) in [5, 5.41) is 2.43. The van der Waals surface area contributed by atoms with Crippen molar-refractivity contribution in [1.82, 2.24) is 16.2 Å². The Labute approximate surface area is 194 Å². The zero-order valence-electron chi connectivity index (χ0n) is 17.2. The molecule has 0 saturated heterocycles. The van der Waals surface area contributed by atoms with Gasteiger partial charge in [-0.25, -0.2) is 0 Å². The summed E-state index contributed by atoms with van der Waals surface area (Å²) >= 11 is 8.42. The number of halogens is 1. The zero-order chi connectivity index (χ0) is 22.6. The van der Waals surface area contributed by atoms with Gasteiger partial charge in [-0.1, -0.05) is 15.9 Å². The Morgan fingerprint density at radius 3 is 2.39 bits per heavy atom. The average molecular weight is 510 g/mol. The minimum absolute atomic E-state index is 0.0464. The normalized spacial score (nSPS) is 10.2. The molecule has 2 aromatic carbocycles. The molecule has 0 unspecified atom stereocenters. The van der Waals surface area contributed by atoms with E-state index in [1.165, 1.54) is 0 Å². The molecule has 0 aliphatic rings. The van der Waals surface area contributed by atoms with Gasteiger partial charge in [-0.2, -0.15) is 0 Å². The van der Waals surface area contributed by atoms with Crippen LogP contribution in [0.5, 0.6) is 11.5 Å². The fourth-order valence-corrected chi connectivity index (χ4v) is 2.68. The van der Waals surface area contributed by atoms with Crippen molar-refractivity contribution in [1.29, 1.82) is 0 Å². The molecule has 0 saturated carbocycles. The summed E-state index contributed by atoms with van der Waals surface area (Å²) in [5.74, 6) is 0.321. The van der Waals surface area contributed by atoms with Crippen molar-refractivity contribution in [3.8, 4) is 11.5 Å². The number of carbonyl (C=O) groups excluding carboxylic acids is 2. The molecule has 10 heteroatoms. The summed E-state index contributed by atoms with van der Waals surface area (Å²) < 4.78 is 17.1. The lowest BCUT2D eigenvalue weighted by Gasteiger charge is -2.12. The fraction of sp³-hybridized carbons (Fsp3) is 0.286. The van der Waals surface area contributed by atoms with Gasteiger partial charge in [0.2, 0.25) is 0 Å². The van der Waals surface area contributed by atoms with Crippen LogP contribution in [-0.4, -0.2) is 43.4 Å². The number of hydrogen-bond donors (Lipinski definition) is 3. The minimum atomic E-state index is -0.453. The van der Waals surface area contributed by atoms with Crippen LogP contribution in [0.2, 0.25) is 0 Å². The van der Waals surface area contributed by atoms with Crippen molar-refractivity contribution in [2.24, 2.45) is 0 Å². The first-order chi connectivity index (χ1) is 14.9. The maximum Gasteiger partial charge on any atom is 0.276 e. The third kappa shape index (κ3) is 8.91. The number of nitrogens with one attached hydrogen (secondary N) is 3. The van der Waals surface area contributed by atoms with E-state index in [4.69, 9.17) is 26.4 Å². The molecular weight excluding hydrogens is 486 g/mol. The molecule has 0 aliphatic carbocycles. The smallest absolute Gasteiger partial charge is 0.276 e. The molecule has 31 heavy (non-hydrogen) atoms. The third-order valence-electron chi connectivity index (χ3n) is 3.86. The maximum absolute atomic E-state index is 12.2. The van der Waals surface area contributed by atoms with Crippen molar-refractivity contribution >= 4 is 45.1 Å². The Morgan fingerprint density at radius 1 is 1.00 bits per heavy atom. The van der Waals surface area contributed by atoms with Gasteiger partial charge >= 0.3 is 0 Å². The molecule has 0 radical (unpaired) electrons. The molecule has 0 fully saturated rings. The van der Waals surface area contributed by atoms with Gasteiger partial charge in [0.1, 0.15) is 18.1 Å². The largest absolute Gasteiger partial charge is 0.491 e. The van der Waals surface area contributed by atoms with Gasteiger partial charge < -0.3 is 14.2 Å². The predicted octanol–water partition coefficient (Wildman–Crippen LogP) is 2.89. The topological polar surface area (TPSA) is 97.9 Å². The molecule has 2 aromatic rings. The second kappa shape index (κ2) is 12.9. The summed E-state index contributed by atoms with van der Waals surface area (Å²) in [7, 11) is 0. The molecule has 2 rings (SSSR count). The number of carbonyl (C=O) groups is 2. The first-order valence-electron chi connectivity index (χ1n) is 9.48. The quantitative estimate of drug-likeness (QED) is 0.271. The van der Waals surface area contributed by atoms with Crippen molar-refractivity contribution in [3.63, 3.8) is 0 Å². The van der Waals surface area contributed by atoms with Crippen LogP contribution in [0.1, 0.15) is 22.8 Å². The molecule has 8 nitrogen and oxygen atoms in total. The Morgan fingerprint density at radius 2 is 1.71 bits per heavy atom. The van der Waals surface area contributed by atoms with E-state index in [-0.39, 0.29) is 11.7 Å². The number of amides is 2. The van der Waals surface area contributed by atoms with E-state index in [2.05, 4.69) is 32.1 Å². The van der Waals surface area contributed by atoms with E-state index < -0.39 is 11.8 Å². The number of ether oxygens (including phenoxy) is 3. The van der Waals surface area contributed by atoms with E-state index in [1.54, 1.807) is 30.3 Å². The van der Waals surface area contributed by atoms with Crippen molar-refractivity contribution < 1.29 is 23.8 Å². The fourth-order valence-electron chi connectivity index (χ4n) is 2.29. The van der Waals surface area contributed by atoms with Crippen LogP contribution in [0.4, 0.5) is 0 Å². The van der Waals surface area contributed by atoms with Crippen LogP contribution in [-0.2, 0) is 9.53 Å². The van der Waals surface area contributed by atoms with Gasteiger partial charge in [-0.15, -0.1) is 0 Å². The average Bonchev–Trinajstić information content (AvgIpc) is 2.76. The first-order valence-corrected chi connectivity index (χ1v) is 10.7. The van der Waals surface area contributed by atoms with Crippen LogP contribution in [0.3, 0.4) is 0 Å². The standard InChI is InChI=1S/C21H24BrN3O5S/c1-3-28-10-11-29-16-6-4-15(5-7-16)20(27)23-21(31)25-24-19(26)13-30-17-8-9-18(22)14(2)12-17/h4-9,12H,3,10-11,13H2,1-2H3,(H,24,26)(H2,23,25,27,31). The molecule has 0 bridgehead atoms. The molecule has 0 heterocycles. The van der Waals surface area contributed by atoms with Gasteiger partial charge in [0.25, 0.3) is 11.8 Å². The van der Waals surface area contributed by atoms with E-state index >= 15 is 0 Å². The highest BCUT2D eigenvalue weighted by Gasteiger charge is 2.09. The van der Waals surface area contributed by atoms with Gasteiger partial charge in [-0.05, 0) is 74.1 Å². The second-order valence-corrected chi connectivity index (χ2v) is 7.49. The van der Waals surface area contributed by atoms with Gasteiger partial charge in [-0.3, -0.25) is 25.8 Å². The van der Waals surface area contributed by atoms with Crippen LogP contribution >= 0.6 is 28.1 Å². The van der Waals surface area contributed by atoms with Gasteiger partial charge in [0, 0.05) is 16.6 Å². The Bertz CT molecular complexity index is 908. The lowest BCUT2D eigenvalue weighted by molar-refractivity contribution is -0.123. The van der Waals surface area contributed by atoms with Crippen molar-refractivity contribution in [2.75, 3.05) is 26.4 Å². The molecule has 0 atom stereocenters. The molecule has 0 spiro atoms. The first kappa shape index (κ1) is 24.6. The number of benzene rings is 2. The molecule has 0 aliphatic heterocycles. The van der Waals surface area contributed by atoms with Crippen LogP contribution in [0, 0.1) is 6.92 Å². The summed E-state index contributed by atoms with van der Waals surface area (Å²) in [6.07, 6.45) is 0. The lowest BCUT2D eigenvalue weighted by atomic mass is 10.2. The number of aryl methyl sites for hydroxylation is 1. The van der Waals surface area contributed by atoms with Crippen molar-refractivity contribution in [3.05, 3.63) is 58.1 Å². The number of rotatable bonds is 9. The van der Waals surface area contributed by atoms with Crippen molar-refractivity contribution in [2.45, 2.75) is 13.8 Å². The predicted molar refractivity (Wildman–Crippen MR) is 124 cm³/mol.